The lowest BCUT2D eigenvalue weighted by Crippen LogP contribution is -2.52. The molecule has 0 N–H and O–H groups in total. The van der Waals surface area contributed by atoms with Gasteiger partial charge in [-0.05, 0) is 38.0 Å². The summed E-state index contributed by atoms with van der Waals surface area (Å²) in [5.74, 6) is 1.06. The van der Waals surface area contributed by atoms with E-state index in [1.54, 1.807) is 7.11 Å². The van der Waals surface area contributed by atoms with Crippen LogP contribution in [0.5, 0.6) is 5.75 Å². The Labute approximate surface area is 120 Å². The average molecular weight is 277 g/mol. The molecule has 20 heavy (non-hydrogen) atoms. The quantitative estimate of drug-likeness (QED) is 0.847. The van der Waals surface area contributed by atoms with E-state index in [-0.39, 0.29) is 18.0 Å². The van der Waals surface area contributed by atoms with Gasteiger partial charge >= 0.3 is 0 Å². The van der Waals surface area contributed by atoms with Gasteiger partial charge in [0.15, 0.2) is 0 Å². The van der Waals surface area contributed by atoms with Gasteiger partial charge in [0, 0.05) is 6.42 Å². The largest absolute Gasteiger partial charge is 0.497 e. The van der Waals surface area contributed by atoms with Crippen LogP contribution in [0.4, 0.5) is 0 Å². The maximum atomic E-state index is 12.4. The van der Waals surface area contributed by atoms with Crippen LogP contribution in [0.15, 0.2) is 24.3 Å². The van der Waals surface area contributed by atoms with Gasteiger partial charge in [-0.25, -0.2) is 0 Å². The monoisotopic (exact) mass is 277 g/mol. The second-order valence-corrected chi connectivity index (χ2v) is 5.38. The molecule has 4 nitrogen and oxygen atoms in total. The first kappa shape index (κ1) is 14.9. The van der Waals surface area contributed by atoms with Gasteiger partial charge in [-0.1, -0.05) is 12.1 Å². The minimum Gasteiger partial charge on any atom is -0.497 e. The number of methoxy groups -OCH3 is 1. The maximum absolute atomic E-state index is 12.4. The number of hydrogen-bond acceptors (Lipinski definition) is 3. The molecule has 0 aromatic heterocycles. The zero-order chi connectivity index (χ0) is 14.5. The molecule has 1 saturated heterocycles. The van der Waals surface area contributed by atoms with Gasteiger partial charge in [0.25, 0.3) is 0 Å². The molecule has 0 saturated carbocycles. The molecule has 1 aromatic rings. The molecule has 1 aliphatic rings. The minimum absolute atomic E-state index is 0.169. The average Bonchev–Trinajstić information content (AvgIpc) is 2.45. The summed E-state index contributed by atoms with van der Waals surface area (Å²) in [7, 11) is 1.65. The number of amides is 1. The molecule has 1 heterocycles. The molecule has 1 aliphatic heterocycles. The highest BCUT2D eigenvalue weighted by Crippen LogP contribution is 2.17. The number of morpholine rings is 1. The number of hydrogen-bond donors (Lipinski definition) is 0. The Morgan fingerprint density at radius 1 is 1.25 bits per heavy atom. The predicted octanol–water partition coefficient (Wildman–Crippen LogP) is 2.26. The van der Waals surface area contributed by atoms with Crippen molar-refractivity contribution in [2.45, 2.75) is 38.8 Å². The van der Waals surface area contributed by atoms with Gasteiger partial charge in [0.1, 0.15) is 5.75 Å². The Morgan fingerprint density at radius 2 is 1.85 bits per heavy atom. The molecule has 4 heteroatoms. The van der Waals surface area contributed by atoms with E-state index < -0.39 is 0 Å². The van der Waals surface area contributed by atoms with Crippen molar-refractivity contribution in [3.05, 3.63) is 29.8 Å². The van der Waals surface area contributed by atoms with E-state index in [0.717, 1.165) is 17.7 Å². The summed E-state index contributed by atoms with van der Waals surface area (Å²) in [4.78, 5) is 14.3. The second-order valence-electron chi connectivity index (χ2n) is 5.38. The van der Waals surface area contributed by atoms with Crippen LogP contribution >= 0.6 is 0 Å². The van der Waals surface area contributed by atoms with E-state index in [2.05, 4.69) is 0 Å². The lowest BCUT2D eigenvalue weighted by atomic mass is 10.1. The lowest BCUT2D eigenvalue weighted by Gasteiger charge is -2.38. The normalized spacial score (nSPS) is 22.6. The maximum Gasteiger partial charge on any atom is 0.223 e. The first-order chi connectivity index (χ1) is 9.61. The van der Waals surface area contributed by atoms with Gasteiger partial charge in [-0.15, -0.1) is 0 Å². The lowest BCUT2D eigenvalue weighted by molar-refractivity contribution is -0.144. The smallest absolute Gasteiger partial charge is 0.223 e. The van der Waals surface area contributed by atoms with Crippen molar-refractivity contribution < 1.29 is 14.3 Å². The molecule has 2 unspecified atom stereocenters. The fourth-order valence-corrected chi connectivity index (χ4v) is 2.67. The Hall–Kier alpha value is -1.55. The second kappa shape index (κ2) is 6.75. The van der Waals surface area contributed by atoms with Crippen molar-refractivity contribution >= 4 is 5.91 Å². The Morgan fingerprint density at radius 3 is 2.40 bits per heavy atom. The van der Waals surface area contributed by atoms with Gasteiger partial charge < -0.3 is 14.4 Å². The van der Waals surface area contributed by atoms with Crippen molar-refractivity contribution in [2.75, 3.05) is 20.3 Å². The van der Waals surface area contributed by atoms with E-state index in [1.807, 2.05) is 43.0 Å². The van der Waals surface area contributed by atoms with Crippen LogP contribution < -0.4 is 4.74 Å². The molecule has 110 valence electrons. The van der Waals surface area contributed by atoms with Gasteiger partial charge in [0.05, 0.1) is 32.4 Å². The van der Waals surface area contributed by atoms with Crippen LogP contribution in [-0.2, 0) is 16.0 Å². The molecule has 0 radical (unpaired) electrons. The van der Waals surface area contributed by atoms with Crippen molar-refractivity contribution in [1.29, 1.82) is 0 Å². The first-order valence-corrected chi connectivity index (χ1v) is 7.13. The highest BCUT2D eigenvalue weighted by Gasteiger charge is 2.28. The highest BCUT2D eigenvalue weighted by molar-refractivity contribution is 5.77. The zero-order valence-corrected chi connectivity index (χ0v) is 12.5. The number of rotatable bonds is 4. The number of carbonyl (C=O) groups is 1. The highest BCUT2D eigenvalue weighted by atomic mass is 16.5. The fraction of sp³-hybridized carbons (Fsp3) is 0.562. The van der Waals surface area contributed by atoms with Crippen LogP contribution in [0.1, 0.15) is 25.8 Å². The first-order valence-electron chi connectivity index (χ1n) is 7.13. The number of nitrogens with zero attached hydrogens (tertiary/aromatic N) is 1. The third-order valence-corrected chi connectivity index (χ3v) is 3.74. The van der Waals surface area contributed by atoms with Crippen LogP contribution in [0.25, 0.3) is 0 Å². The summed E-state index contributed by atoms with van der Waals surface area (Å²) in [5.41, 5.74) is 1.16. The summed E-state index contributed by atoms with van der Waals surface area (Å²) >= 11 is 0. The van der Waals surface area contributed by atoms with E-state index in [4.69, 9.17) is 9.47 Å². The van der Waals surface area contributed by atoms with Crippen LogP contribution in [0.2, 0.25) is 0 Å². The molecule has 0 aliphatic carbocycles. The topological polar surface area (TPSA) is 38.8 Å². The fourth-order valence-electron chi connectivity index (χ4n) is 2.67. The SMILES string of the molecule is COc1ccc(CCC(=O)N2C(C)COCC2C)cc1. The summed E-state index contributed by atoms with van der Waals surface area (Å²) in [5, 5.41) is 0. The Balaban J connectivity index is 1.90. The molecule has 2 atom stereocenters. The summed E-state index contributed by atoms with van der Waals surface area (Å²) in [6, 6.07) is 8.22. The van der Waals surface area contributed by atoms with Crippen molar-refractivity contribution in [3.8, 4) is 5.75 Å². The number of aryl methyl sites for hydroxylation is 1. The predicted molar refractivity (Wildman–Crippen MR) is 77.9 cm³/mol. The molecule has 1 aromatic carbocycles. The third-order valence-electron chi connectivity index (χ3n) is 3.74. The molecule has 1 fully saturated rings. The molecular weight excluding hydrogens is 254 g/mol. The van der Waals surface area contributed by atoms with Crippen LogP contribution in [-0.4, -0.2) is 43.2 Å². The van der Waals surface area contributed by atoms with Crippen LogP contribution in [0.3, 0.4) is 0 Å². The van der Waals surface area contributed by atoms with Crippen molar-refractivity contribution in [2.24, 2.45) is 0 Å². The van der Waals surface area contributed by atoms with E-state index >= 15 is 0 Å². The molecule has 2 rings (SSSR count). The van der Waals surface area contributed by atoms with Crippen molar-refractivity contribution in [3.63, 3.8) is 0 Å². The summed E-state index contributed by atoms with van der Waals surface area (Å²) in [6.45, 7) is 5.36. The van der Waals surface area contributed by atoms with E-state index in [0.29, 0.717) is 19.6 Å². The van der Waals surface area contributed by atoms with Crippen molar-refractivity contribution in [1.82, 2.24) is 4.90 Å². The Bertz CT molecular complexity index is 434. The molecule has 0 bridgehead atoms. The Kier molecular flexibility index (Phi) is 5.01. The van der Waals surface area contributed by atoms with Gasteiger partial charge in [-0.3, -0.25) is 4.79 Å². The van der Waals surface area contributed by atoms with E-state index in [9.17, 15) is 4.79 Å². The number of carbonyl (C=O) groups excluding carboxylic acids is 1. The summed E-state index contributed by atoms with van der Waals surface area (Å²) in [6.07, 6.45) is 1.31. The van der Waals surface area contributed by atoms with Crippen LogP contribution in [0, 0.1) is 0 Å². The zero-order valence-electron chi connectivity index (χ0n) is 12.5. The van der Waals surface area contributed by atoms with Gasteiger partial charge in [-0.2, -0.15) is 0 Å². The molecule has 1 amide bonds. The number of ether oxygens (including phenoxy) is 2. The van der Waals surface area contributed by atoms with E-state index in [1.165, 1.54) is 0 Å². The molecule has 0 spiro atoms. The molecular formula is C16H23NO3. The summed E-state index contributed by atoms with van der Waals surface area (Å²) < 4.78 is 10.6. The minimum atomic E-state index is 0.169. The third kappa shape index (κ3) is 3.51. The number of benzene rings is 1. The standard InChI is InChI=1S/C16H23NO3/c1-12-10-20-11-13(2)17(12)16(18)9-6-14-4-7-15(19-3)8-5-14/h4-5,7-8,12-13H,6,9-11H2,1-3H3. The van der Waals surface area contributed by atoms with Gasteiger partial charge in [0.2, 0.25) is 5.91 Å².